The van der Waals surface area contributed by atoms with Crippen LogP contribution in [0.4, 0.5) is 5.69 Å². The Balaban J connectivity index is 2.32. The molecule has 0 saturated heterocycles. The van der Waals surface area contributed by atoms with Crippen LogP contribution in [0, 0.1) is 13.8 Å². The van der Waals surface area contributed by atoms with Crippen LogP contribution in [0.1, 0.15) is 43.0 Å². The van der Waals surface area contributed by atoms with Gasteiger partial charge in [0.15, 0.2) is 9.84 Å². The van der Waals surface area contributed by atoms with E-state index in [1.54, 1.807) is 38.1 Å². The molecule has 170 valence electrons. The van der Waals surface area contributed by atoms with Crippen molar-refractivity contribution < 1.29 is 21.6 Å². The van der Waals surface area contributed by atoms with Gasteiger partial charge in [-0.1, -0.05) is 25.1 Å². The zero-order chi connectivity index (χ0) is 23.6. The minimum Gasteiger partial charge on any atom is -0.348 e. The van der Waals surface area contributed by atoms with E-state index in [9.17, 15) is 21.6 Å². The molecule has 0 saturated carbocycles. The number of benzene rings is 2. The van der Waals surface area contributed by atoms with E-state index < -0.39 is 37.9 Å². The molecule has 0 aliphatic carbocycles. The van der Waals surface area contributed by atoms with E-state index >= 15 is 0 Å². The number of hydrogen-bond acceptors (Lipinski definition) is 5. The maximum absolute atomic E-state index is 13.1. The lowest BCUT2D eigenvalue weighted by molar-refractivity contribution is -0.122. The predicted molar refractivity (Wildman–Crippen MR) is 123 cm³/mol. The smallest absolute Gasteiger partial charge is 0.244 e. The van der Waals surface area contributed by atoms with Gasteiger partial charge in [0, 0.05) is 6.26 Å². The lowest BCUT2D eigenvalue weighted by Crippen LogP contribution is -2.49. The number of aryl methyl sites for hydroxylation is 2. The van der Waals surface area contributed by atoms with E-state index in [-0.39, 0.29) is 11.3 Å². The molecule has 31 heavy (non-hydrogen) atoms. The van der Waals surface area contributed by atoms with Gasteiger partial charge in [0.1, 0.15) is 6.04 Å². The van der Waals surface area contributed by atoms with E-state index in [1.807, 2.05) is 19.9 Å². The van der Waals surface area contributed by atoms with Gasteiger partial charge >= 0.3 is 0 Å². The molecule has 0 aliphatic heterocycles. The standard InChI is InChI=1S/C22H30N2O5S2/c1-7-21(24(31(6,28)29)19-11-8-15(2)16(3)14-19)22(25)23-17(4)18-9-12-20(13-10-18)30(5,26)27/h8-14,17,21H,7H2,1-6H3,(H,23,25)/t17-,21+/m0/s1. The van der Waals surface area contributed by atoms with Crippen LogP contribution in [0.5, 0.6) is 0 Å². The summed E-state index contributed by atoms with van der Waals surface area (Å²) in [6.07, 6.45) is 2.50. The van der Waals surface area contributed by atoms with Gasteiger partial charge in [-0.2, -0.15) is 0 Å². The minimum absolute atomic E-state index is 0.194. The van der Waals surface area contributed by atoms with Crippen molar-refractivity contribution in [3.8, 4) is 0 Å². The predicted octanol–water partition coefficient (Wildman–Crippen LogP) is 3.13. The molecule has 1 amide bonds. The third-order valence-electron chi connectivity index (χ3n) is 5.24. The highest BCUT2D eigenvalue weighted by atomic mass is 32.2. The van der Waals surface area contributed by atoms with E-state index in [0.29, 0.717) is 11.3 Å². The number of hydrogen-bond donors (Lipinski definition) is 1. The van der Waals surface area contributed by atoms with Crippen LogP contribution in [-0.4, -0.2) is 41.3 Å². The summed E-state index contributed by atoms with van der Waals surface area (Å²) in [4.78, 5) is 13.3. The summed E-state index contributed by atoms with van der Waals surface area (Å²) < 4.78 is 49.7. The van der Waals surface area contributed by atoms with Crippen molar-refractivity contribution in [3.63, 3.8) is 0 Å². The van der Waals surface area contributed by atoms with Crippen LogP contribution in [0.2, 0.25) is 0 Å². The van der Waals surface area contributed by atoms with Gasteiger partial charge in [-0.25, -0.2) is 16.8 Å². The number of rotatable bonds is 8. The number of carbonyl (C=O) groups is 1. The molecular weight excluding hydrogens is 436 g/mol. The van der Waals surface area contributed by atoms with Crippen LogP contribution in [0.15, 0.2) is 47.4 Å². The van der Waals surface area contributed by atoms with Crippen LogP contribution in [0.25, 0.3) is 0 Å². The summed E-state index contributed by atoms with van der Waals surface area (Å²) in [7, 11) is -7.03. The van der Waals surface area contributed by atoms with E-state index in [2.05, 4.69) is 5.32 Å². The average Bonchev–Trinajstić information content (AvgIpc) is 2.66. The number of anilines is 1. The summed E-state index contributed by atoms with van der Waals surface area (Å²) in [5.74, 6) is -0.425. The summed E-state index contributed by atoms with van der Waals surface area (Å²) in [5, 5.41) is 2.86. The number of nitrogens with zero attached hydrogens (tertiary/aromatic N) is 1. The Bertz CT molecular complexity index is 1160. The normalized spacial score (nSPS) is 14.0. The Morgan fingerprint density at radius 1 is 0.968 bits per heavy atom. The fourth-order valence-corrected chi connectivity index (χ4v) is 5.15. The zero-order valence-electron chi connectivity index (χ0n) is 18.7. The molecule has 0 bridgehead atoms. The highest BCUT2D eigenvalue weighted by Crippen LogP contribution is 2.26. The second kappa shape index (κ2) is 9.40. The van der Waals surface area contributed by atoms with Gasteiger partial charge < -0.3 is 5.32 Å². The first-order chi connectivity index (χ1) is 14.3. The maximum Gasteiger partial charge on any atom is 0.244 e. The maximum atomic E-state index is 13.1. The molecule has 7 nitrogen and oxygen atoms in total. The van der Waals surface area contributed by atoms with Gasteiger partial charge in [0.25, 0.3) is 0 Å². The minimum atomic E-state index is -3.72. The fraction of sp³-hybridized carbons (Fsp3) is 0.409. The number of sulfonamides is 1. The number of nitrogens with one attached hydrogen (secondary N) is 1. The van der Waals surface area contributed by atoms with Crippen LogP contribution in [0.3, 0.4) is 0 Å². The van der Waals surface area contributed by atoms with Crippen molar-refractivity contribution in [2.45, 2.75) is 51.1 Å². The molecule has 0 fully saturated rings. The topological polar surface area (TPSA) is 101 Å². The van der Waals surface area contributed by atoms with Gasteiger partial charge in [0.2, 0.25) is 15.9 Å². The average molecular weight is 467 g/mol. The molecule has 9 heteroatoms. The third-order valence-corrected chi connectivity index (χ3v) is 7.55. The largest absolute Gasteiger partial charge is 0.348 e. The Morgan fingerprint density at radius 3 is 2.00 bits per heavy atom. The van der Waals surface area contributed by atoms with Crippen molar-refractivity contribution in [3.05, 3.63) is 59.2 Å². The molecule has 0 spiro atoms. The Morgan fingerprint density at radius 2 is 1.55 bits per heavy atom. The first-order valence-electron chi connectivity index (χ1n) is 9.92. The van der Waals surface area contributed by atoms with Crippen molar-refractivity contribution in [1.82, 2.24) is 5.32 Å². The number of sulfone groups is 1. The lowest BCUT2D eigenvalue weighted by atomic mass is 10.1. The first-order valence-corrected chi connectivity index (χ1v) is 13.7. The van der Waals surface area contributed by atoms with E-state index in [0.717, 1.165) is 27.9 Å². The van der Waals surface area contributed by atoms with Gasteiger partial charge in [0.05, 0.1) is 22.9 Å². The summed E-state index contributed by atoms with van der Waals surface area (Å²) in [5.41, 5.74) is 3.12. The molecule has 0 heterocycles. The van der Waals surface area contributed by atoms with Crippen LogP contribution in [-0.2, 0) is 24.7 Å². The third kappa shape index (κ3) is 6.07. The zero-order valence-corrected chi connectivity index (χ0v) is 20.3. The molecule has 0 aromatic heterocycles. The molecule has 2 aromatic carbocycles. The fourth-order valence-electron chi connectivity index (χ4n) is 3.32. The second-order valence-corrected chi connectivity index (χ2v) is 11.7. The van der Waals surface area contributed by atoms with Crippen molar-refractivity contribution >= 4 is 31.5 Å². The molecule has 0 aliphatic rings. The number of carbonyl (C=O) groups excluding carboxylic acids is 1. The SMILES string of the molecule is CC[C@H](C(=O)N[C@@H](C)c1ccc(S(C)(=O)=O)cc1)N(c1ccc(C)c(C)c1)S(C)(=O)=O. The highest BCUT2D eigenvalue weighted by molar-refractivity contribution is 7.92. The summed E-state index contributed by atoms with van der Waals surface area (Å²) >= 11 is 0. The van der Waals surface area contributed by atoms with Crippen molar-refractivity contribution in [1.29, 1.82) is 0 Å². The van der Waals surface area contributed by atoms with Crippen molar-refractivity contribution in [2.24, 2.45) is 0 Å². The molecule has 0 unspecified atom stereocenters. The Labute approximate surface area is 185 Å². The number of amides is 1. The van der Waals surface area contributed by atoms with Crippen LogP contribution < -0.4 is 9.62 Å². The van der Waals surface area contributed by atoms with Gasteiger partial charge in [-0.15, -0.1) is 0 Å². The quantitative estimate of drug-likeness (QED) is 0.644. The highest BCUT2D eigenvalue weighted by Gasteiger charge is 2.32. The molecule has 0 radical (unpaired) electrons. The monoisotopic (exact) mass is 466 g/mol. The first kappa shape index (κ1) is 24.9. The Hall–Kier alpha value is -2.39. The van der Waals surface area contributed by atoms with Crippen LogP contribution >= 0.6 is 0 Å². The van der Waals surface area contributed by atoms with E-state index in [4.69, 9.17) is 0 Å². The summed E-state index contributed by atoms with van der Waals surface area (Å²) in [6, 6.07) is 10.2. The molecule has 2 aromatic rings. The Kier molecular flexibility index (Phi) is 7.54. The van der Waals surface area contributed by atoms with E-state index in [1.165, 1.54) is 12.1 Å². The summed E-state index contributed by atoms with van der Waals surface area (Å²) in [6.45, 7) is 7.35. The van der Waals surface area contributed by atoms with Crippen molar-refractivity contribution in [2.75, 3.05) is 16.8 Å². The molecule has 2 rings (SSSR count). The van der Waals surface area contributed by atoms with Gasteiger partial charge in [-0.3, -0.25) is 9.10 Å². The molecule has 2 atom stereocenters. The molecular formula is C22H30N2O5S2. The van der Waals surface area contributed by atoms with Gasteiger partial charge in [-0.05, 0) is 68.1 Å². The lowest BCUT2D eigenvalue weighted by Gasteiger charge is -2.31. The molecule has 1 N–H and O–H groups in total. The second-order valence-electron chi connectivity index (χ2n) is 7.82.